The van der Waals surface area contributed by atoms with Crippen molar-refractivity contribution in [2.45, 2.75) is 306 Å². The van der Waals surface area contributed by atoms with Crippen molar-refractivity contribution in [3.8, 4) is 0 Å². The van der Waals surface area contributed by atoms with Crippen LogP contribution in [0.2, 0.25) is 0 Å². The summed E-state index contributed by atoms with van der Waals surface area (Å²) < 4.78 is 153. The van der Waals surface area contributed by atoms with Crippen LogP contribution in [0.4, 0.5) is 17.6 Å². The molecule has 6 saturated heterocycles. The quantitative estimate of drug-likeness (QED) is 0.0166. The number of halogens is 5. The van der Waals surface area contributed by atoms with Crippen LogP contribution in [-0.2, 0) is 122 Å². The SMILES string of the molecule is C1CC2CCCC(C1)S2.CC(C)(C)c1ccc([I+]c2ccc(C(C)(C)C)cc2)cc1.CC(C)(C)c1ccc([S+]2C3CCCC2CCC3)cc1.O=C(O)c1ccccc1.O=C(O)c1ccccc1.O=C1OC2C3CC(C2OC(=O)C24CC5CC(CC(C5)C2)C4)C(C(=O)OCC(F)(F)S(=O)(=O)[O-])C13.O=C1OC2C3CC(C2OC(=O)C24CC5CC(CC(C5)C2)C4)C(C(=O)OCC(F)(F)S(=O)(=O)[O-])C13.[Cu]. The number of ether oxygens (including phenoxy) is 6. The minimum absolute atomic E-state index is 0. The van der Waals surface area contributed by atoms with Gasteiger partial charge in [-0.05, 0) is 283 Å². The first kappa shape index (κ1) is 105. The number of carboxylic acid groups (broad SMARTS) is 2. The number of fused-ring (bicyclic) bond motifs is 6. The summed E-state index contributed by atoms with van der Waals surface area (Å²) in [7, 11) is -11.5. The van der Waals surface area contributed by atoms with Crippen molar-refractivity contribution < 1.29 is 159 Å². The van der Waals surface area contributed by atoms with E-state index in [1.807, 2.05) is 0 Å². The Labute approximate surface area is 824 Å². The van der Waals surface area contributed by atoms with E-state index in [9.17, 15) is 81.9 Å². The molecule has 5 aromatic carbocycles. The molecule has 0 aromatic heterocycles. The number of hydrogen-bond acceptors (Lipinski definition) is 21. The molecule has 5 aromatic rings. The van der Waals surface area contributed by atoms with Crippen LogP contribution in [0.5, 0.6) is 0 Å². The molecule has 0 amide bonds. The van der Waals surface area contributed by atoms with Gasteiger partial charge in [0.1, 0.15) is 34.9 Å². The second-order valence-electron chi connectivity index (χ2n) is 44.0. The van der Waals surface area contributed by atoms with E-state index in [1.165, 1.54) is 101 Å². The summed E-state index contributed by atoms with van der Waals surface area (Å²) in [5, 5.41) is 11.3. The van der Waals surface area contributed by atoms with Crippen molar-refractivity contribution in [2.75, 3.05) is 13.2 Å². The molecule has 6 aliphatic heterocycles. The molecule has 0 spiro atoms. The van der Waals surface area contributed by atoms with Crippen molar-refractivity contribution in [3.05, 3.63) is 168 Å². The summed E-state index contributed by atoms with van der Waals surface area (Å²) in [5.74, 6) is -9.55. The van der Waals surface area contributed by atoms with Crippen molar-refractivity contribution >= 4 is 90.6 Å². The second-order valence-corrected chi connectivity index (χ2v) is 54.2. The number of carbonyl (C=O) groups excluding carboxylic acids is 6. The molecule has 747 valence electrons. The molecule has 2 N–H and O–H groups in total. The molecule has 32 heteroatoms. The molecule has 16 bridgehead atoms. The summed E-state index contributed by atoms with van der Waals surface area (Å²) >= 11 is 2.20. The van der Waals surface area contributed by atoms with Gasteiger partial charge in [0.15, 0.2) is 45.5 Å². The first-order valence-electron chi connectivity index (χ1n) is 48.3. The van der Waals surface area contributed by atoms with Crippen LogP contribution < -0.4 is 21.2 Å². The van der Waals surface area contributed by atoms with Crippen molar-refractivity contribution in [1.29, 1.82) is 0 Å². The van der Waals surface area contributed by atoms with E-state index in [2.05, 4.69) is 156 Å². The number of carbonyl (C=O) groups is 8. The van der Waals surface area contributed by atoms with Crippen molar-refractivity contribution in [1.82, 2.24) is 0 Å². The maximum absolute atomic E-state index is 13.5. The van der Waals surface area contributed by atoms with Crippen LogP contribution in [0.1, 0.15) is 267 Å². The molecule has 23 rings (SSSR count). The number of hydrogen-bond donors (Lipinski definition) is 2. The number of carboxylic acids is 2. The number of esters is 6. The zero-order valence-electron chi connectivity index (χ0n) is 78.6. The van der Waals surface area contributed by atoms with Crippen LogP contribution in [0.25, 0.3) is 0 Å². The van der Waals surface area contributed by atoms with Crippen LogP contribution in [-0.4, -0.2) is 153 Å². The Morgan fingerprint density at radius 1 is 0.441 bits per heavy atom. The normalized spacial score (nSPS) is 33.3. The third-order valence-electron chi connectivity index (χ3n) is 31.5. The van der Waals surface area contributed by atoms with Crippen molar-refractivity contribution in [2.24, 2.45) is 93.7 Å². The van der Waals surface area contributed by atoms with Gasteiger partial charge in [-0.1, -0.05) is 148 Å². The van der Waals surface area contributed by atoms with Crippen LogP contribution in [0.15, 0.2) is 138 Å². The molecule has 12 saturated carbocycles. The molecular weight excluding hydrogens is 2000 g/mol. The third kappa shape index (κ3) is 23.6. The van der Waals surface area contributed by atoms with Crippen LogP contribution in [0, 0.1) is 101 Å². The number of benzene rings is 5. The van der Waals surface area contributed by atoms with Gasteiger partial charge in [-0.25, -0.2) is 26.4 Å². The molecule has 6 heterocycles. The summed E-state index contributed by atoms with van der Waals surface area (Å²) in [4.78, 5) is 99.3. The van der Waals surface area contributed by atoms with Gasteiger partial charge in [0.2, 0.25) is 0 Å². The van der Waals surface area contributed by atoms with E-state index < -0.39 is 162 Å². The minimum Gasteiger partial charge on any atom is -0.743 e. The number of thioether (sulfide) groups is 1. The smallest absolute Gasteiger partial charge is 0.367 e. The van der Waals surface area contributed by atoms with Gasteiger partial charge in [-0.2, -0.15) is 29.3 Å². The Morgan fingerprint density at radius 2 is 0.735 bits per heavy atom. The Hall–Kier alpha value is -6.65. The number of alkyl halides is 4. The average molecular weight is 2130 g/mol. The van der Waals surface area contributed by atoms with E-state index in [1.54, 1.807) is 65.6 Å². The van der Waals surface area contributed by atoms with Gasteiger partial charge < -0.3 is 47.7 Å². The average Bonchev–Trinajstić information content (AvgIpc) is 1.56. The van der Waals surface area contributed by atoms with Gasteiger partial charge in [0.05, 0.1) is 45.6 Å². The van der Waals surface area contributed by atoms with Crippen molar-refractivity contribution in [3.63, 3.8) is 0 Å². The second kappa shape index (κ2) is 42.1. The van der Waals surface area contributed by atoms with E-state index in [4.69, 9.17) is 29.2 Å². The maximum atomic E-state index is 13.5. The van der Waals surface area contributed by atoms with E-state index in [-0.39, 0.29) is 66.5 Å². The molecule has 18 fully saturated rings. The largest absolute Gasteiger partial charge is 0.743 e. The van der Waals surface area contributed by atoms with Gasteiger partial charge in [-0.15, -0.1) is 0 Å². The number of aromatic carboxylic acids is 2. The summed E-state index contributed by atoms with van der Waals surface area (Å²) in [6.45, 7) is 16.6. The Kier molecular flexibility index (Phi) is 32.6. The van der Waals surface area contributed by atoms with E-state index >= 15 is 0 Å². The van der Waals surface area contributed by atoms with Gasteiger partial charge >= 0.3 is 79.5 Å². The van der Waals surface area contributed by atoms with Gasteiger partial charge in [0.25, 0.3) is 0 Å². The molecule has 12 atom stereocenters. The fourth-order valence-corrected chi connectivity index (χ4v) is 33.6. The first-order chi connectivity index (χ1) is 63.5. The number of rotatable bonds is 17. The zero-order chi connectivity index (χ0) is 97.0. The van der Waals surface area contributed by atoms with Crippen LogP contribution in [0.3, 0.4) is 0 Å². The maximum Gasteiger partial charge on any atom is 0.367 e. The molecule has 22 nitrogen and oxygen atoms in total. The predicted octanol–water partition coefficient (Wildman–Crippen LogP) is 16.3. The monoisotopic (exact) mass is 2120 g/mol. The third-order valence-corrected chi connectivity index (χ3v) is 40.8. The Bertz CT molecular complexity index is 4960. The van der Waals surface area contributed by atoms with Gasteiger partial charge in [0, 0.05) is 62.1 Å². The van der Waals surface area contributed by atoms with E-state index in [0.29, 0.717) is 70.4 Å². The standard InChI is InChI=1S/2C22H26F2O9S.C20H26I.C18H27S.C8H14S.2C7H6O2.Cu/c2*23-22(24,34(28,29)30)8-31-18(25)14-12-4-13-15(14)19(26)32-16(13)17(12)33-20(27)21-5-9-1-10(6-21)3-11(2-9)7-21;1-19(2,3)15-7-11-17(12-8-15)21-18-13-9-16(10-14-18)20(4,5)6;1-18(2,3)14-10-12-17(13-11-14)19-15-6-4-7-16(19)9-5-8-15;1-3-7-5-2-6-8(4-1)9-7;2*8-7(9)6-4-2-1-3-5-6;/h2*9-17H,1-8H2,(H,28,29,30);7-14H,1-6H3;10-13,15-16H,4-9H2,1-3H3;7-8H,1-6H2;2*1-5H,(H,8,9);/q;;2*+1;;;;/p-2. The Balaban J connectivity index is 0.000000135. The molecule has 12 unspecified atom stereocenters. The summed E-state index contributed by atoms with van der Waals surface area (Å²) in [6, 6.07) is 44.6. The topological polar surface area (TPSA) is 347 Å². The molecular formula is C104H129CuF4IO22S4. The van der Waals surface area contributed by atoms with Gasteiger partial charge in [-0.3, -0.25) is 28.8 Å². The first-order valence-corrected chi connectivity index (χ1v) is 55.5. The molecule has 12 aliphatic carbocycles. The molecule has 136 heavy (non-hydrogen) atoms. The Morgan fingerprint density at radius 3 is 1.01 bits per heavy atom. The molecule has 1 radical (unpaired) electrons. The molecule has 18 aliphatic rings. The predicted molar refractivity (Wildman–Crippen MR) is 492 cm³/mol. The fourth-order valence-electron chi connectivity index (χ4n) is 25.8. The summed E-state index contributed by atoms with van der Waals surface area (Å²) in [6.07, 6.45) is 27.0. The fraction of sp³-hybridized carbons (Fsp3) is 0.635. The van der Waals surface area contributed by atoms with E-state index in [0.717, 1.165) is 98.0 Å². The summed E-state index contributed by atoms with van der Waals surface area (Å²) in [5.41, 5.74) is 4.62. The van der Waals surface area contributed by atoms with Crippen LogP contribution >= 0.6 is 11.8 Å². The zero-order valence-corrected chi connectivity index (χ0v) is 85.0. The minimum atomic E-state index is -6.02.